The molecule has 0 saturated carbocycles. The number of imidazole rings is 1. The molecule has 10 heteroatoms. The normalized spacial score (nSPS) is 18.3. The number of urea groups is 1. The van der Waals surface area contributed by atoms with Gasteiger partial charge in [0.2, 0.25) is 5.78 Å². The first kappa shape index (κ1) is 20.4. The average molecular weight is 438 g/mol. The van der Waals surface area contributed by atoms with Crippen molar-refractivity contribution in [2.45, 2.75) is 31.8 Å². The Bertz CT molecular complexity index is 1170. The van der Waals surface area contributed by atoms with Gasteiger partial charge in [-0.25, -0.2) is 19.2 Å². The van der Waals surface area contributed by atoms with Crippen molar-refractivity contribution in [3.63, 3.8) is 0 Å². The van der Waals surface area contributed by atoms with Gasteiger partial charge < -0.3 is 20.3 Å². The van der Waals surface area contributed by atoms with Gasteiger partial charge in [0.25, 0.3) is 5.91 Å². The van der Waals surface area contributed by atoms with Crippen molar-refractivity contribution >= 4 is 29.1 Å². The number of carbonyl (C=O) groups excluding carboxylic acids is 2. The van der Waals surface area contributed by atoms with Crippen LogP contribution in [0, 0.1) is 5.82 Å². The first-order chi connectivity index (χ1) is 15.6. The van der Waals surface area contributed by atoms with Crippen LogP contribution in [0.1, 0.15) is 25.7 Å². The Kier molecular flexibility index (Phi) is 5.44. The maximum Gasteiger partial charge on any atom is 0.321 e. The zero-order chi connectivity index (χ0) is 22.1. The largest absolute Gasteiger partial charge is 0.368 e. The van der Waals surface area contributed by atoms with E-state index in [1.807, 2.05) is 0 Å². The summed E-state index contributed by atoms with van der Waals surface area (Å²) in [5.74, 6) is -0.308. The Morgan fingerprint density at radius 2 is 1.94 bits per heavy atom. The minimum absolute atomic E-state index is 0.191. The van der Waals surface area contributed by atoms with E-state index in [1.54, 1.807) is 27.8 Å². The number of hydrogen-bond donors (Lipinski definition) is 2. The van der Waals surface area contributed by atoms with Gasteiger partial charge in [-0.15, -0.1) is 0 Å². The summed E-state index contributed by atoms with van der Waals surface area (Å²) in [6.07, 6.45) is 7.90. The Morgan fingerprint density at radius 3 is 2.72 bits per heavy atom. The highest BCUT2D eigenvalue weighted by Gasteiger charge is 2.24. The number of ether oxygens (including phenoxy) is 1. The first-order valence-electron chi connectivity index (χ1n) is 10.7. The van der Waals surface area contributed by atoms with Crippen molar-refractivity contribution in [1.82, 2.24) is 19.3 Å². The highest BCUT2D eigenvalue weighted by Crippen LogP contribution is 2.26. The van der Waals surface area contributed by atoms with E-state index in [0.29, 0.717) is 35.9 Å². The van der Waals surface area contributed by atoms with Crippen molar-refractivity contribution in [3.05, 3.63) is 42.6 Å². The number of hydrogen-bond acceptors (Lipinski definition) is 5. The molecule has 1 atom stereocenters. The SMILES string of the molecule is O=C(Nc1cnc2nc(-c3cc(NC(=O)N4CCCC4)ccc3F)cn2c1)[C@@H]1CCCO1. The predicted molar refractivity (Wildman–Crippen MR) is 116 cm³/mol. The third-order valence-corrected chi connectivity index (χ3v) is 5.69. The molecule has 3 aromatic rings. The monoisotopic (exact) mass is 438 g/mol. The molecule has 2 saturated heterocycles. The lowest BCUT2D eigenvalue weighted by atomic mass is 10.1. The third-order valence-electron chi connectivity index (χ3n) is 5.69. The second-order valence-electron chi connectivity index (χ2n) is 7.99. The Morgan fingerprint density at radius 1 is 1.09 bits per heavy atom. The van der Waals surface area contributed by atoms with E-state index in [4.69, 9.17) is 4.74 Å². The van der Waals surface area contributed by atoms with Crippen LogP contribution in [0.4, 0.5) is 20.6 Å². The molecular formula is C22H23FN6O3. The summed E-state index contributed by atoms with van der Waals surface area (Å²) in [4.78, 5) is 35.0. The summed E-state index contributed by atoms with van der Waals surface area (Å²) in [5.41, 5.74) is 1.61. The van der Waals surface area contributed by atoms with Gasteiger partial charge in [0.05, 0.1) is 17.6 Å². The van der Waals surface area contributed by atoms with Gasteiger partial charge in [-0.2, -0.15) is 0 Å². The summed E-state index contributed by atoms with van der Waals surface area (Å²) < 4.78 is 21.6. The molecule has 2 fully saturated rings. The molecule has 2 aliphatic heterocycles. The quantitative estimate of drug-likeness (QED) is 0.651. The van der Waals surface area contributed by atoms with Gasteiger partial charge >= 0.3 is 6.03 Å². The van der Waals surface area contributed by atoms with Crippen molar-refractivity contribution in [2.24, 2.45) is 0 Å². The Balaban J connectivity index is 1.36. The molecule has 0 radical (unpaired) electrons. The number of nitrogens with one attached hydrogen (secondary N) is 2. The predicted octanol–water partition coefficient (Wildman–Crippen LogP) is 3.28. The number of halogens is 1. The second-order valence-corrected chi connectivity index (χ2v) is 7.99. The summed E-state index contributed by atoms with van der Waals surface area (Å²) in [7, 11) is 0. The van der Waals surface area contributed by atoms with Crippen LogP contribution in [0.5, 0.6) is 0 Å². The summed E-state index contributed by atoms with van der Waals surface area (Å²) in [5, 5.41) is 5.62. The van der Waals surface area contributed by atoms with E-state index in [2.05, 4.69) is 20.6 Å². The third kappa shape index (κ3) is 4.13. The van der Waals surface area contributed by atoms with Gasteiger partial charge in [0, 0.05) is 43.3 Å². The fraction of sp³-hybridized carbons (Fsp3) is 0.364. The molecule has 3 amide bonds. The number of amides is 3. The van der Waals surface area contributed by atoms with Gasteiger partial charge in [-0.05, 0) is 43.9 Å². The van der Waals surface area contributed by atoms with E-state index in [0.717, 1.165) is 32.4 Å². The van der Waals surface area contributed by atoms with Crippen LogP contribution in [0.2, 0.25) is 0 Å². The summed E-state index contributed by atoms with van der Waals surface area (Å²) >= 11 is 0. The van der Waals surface area contributed by atoms with Crippen LogP contribution in [-0.4, -0.2) is 57.0 Å². The number of carbonyl (C=O) groups is 2. The Hall–Kier alpha value is -3.53. The zero-order valence-corrected chi connectivity index (χ0v) is 17.4. The minimum Gasteiger partial charge on any atom is -0.368 e. The molecular weight excluding hydrogens is 415 g/mol. The molecule has 5 rings (SSSR count). The molecule has 1 aromatic carbocycles. The maximum atomic E-state index is 14.6. The van der Waals surface area contributed by atoms with Gasteiger partial charge in [0.1, 0.15) is 11.9 Å². The van der Waals surface area contributed by atoms with E-state index >= 15 is 0 Å². The summed E-state index contributed by atoms with van der Waals surface area (Å²) in [6.45, 7) is 2.04. The fourth-order valence-corrected chi connectivity index (χ4v) is 4.01. The van der Waals surface area contributed by atoms with Gasteiger partial charge in [0.15, 0.2) is 0 Å². The number of likely N-dealkylation sites (tertiary alicyclic amines) is 1. The minimum atomic E-state index is -0.459. The molecule has 0 bridgehead atoms. The summed E-state index contributed by atoms with van der Waals surface area (Å²) in [6, 6.07) is 4.20. The number of rotatable bonds is 4. The van der Waals surface area contributed by atoms with Crippen LogP contribution < -0.4 is 10.6 Å². The van der Waals surface area contributed by atoms with Crippen molar-refractivity contribution in [3.8, 4) is 11.3 Å². The molecule has 0 aliphatic carbocycles. The van der Waals surface area contributed by atoms with Crippen molar-refractivity contribution < 1.29 is 18.7 Å². The molecule has 166 valence electrons. The standard InChI is InChI=1S/C22H23FN6O3/c23-17-6-5-14(26-22(31)28-7-1-2-8-28)10-16(17)18-13-29-12-15(11-24-21(29)27-18)25-20(30)19-4-3-9-32-19/h5-6,10-13,19H,1-4,7-9H2,(H,25,30)(H,26,31)/t19-/m0/s1. The lowest BCUT2D eigenvalue weighted by Gasteiger charge is -2.16. The zero-order valence-electron chi connectivity index (χ0n) is 17.4. The smallest absolute Gasteiger partial charge is 0.321 e. The lowest BCUT2D eigenvalue weighted by Crippen LogP contribution is -2.32. The van der Waals surface area contributed by atoms with Crippen LogP contribution in [0.15, 0.2) is 36.8 Å². The van der Waals surface area contributed by atoms with E-state index in [9.17, 15) is 14.0 Å². The second kappa shape index (κ2) is 8.54. The highest BCUT2D eigenvalue weighted by atomic mass is 19.1. The number of aromatic nitrogens is 3. The molecule has 4 heterocycles. The molecule has 2 aromatic heterocycles. The molecule has 0 unspecified atom stereocenters. The fourth-order valence-electron chi connectivity index (χ4n) is 4.01. The topological polar surface area (TPSA) is 101 Å². The van der Waals surface area contributed by atoms with Crippen LogP contribution >= 0.6 is 0 Å². The molecule has 9 nitrogen and oxygen atoms in total. The number of benzene rings is 1. The van der Waals surface area contributed by atoms with E-state index < -0.39 is 11.9 Å². The van der Waals surface area contributed by atoms with Crippen LogP contribution in [-0.2, 0) is 9.53 Å². The van der Waals surface area contributed by atoms with Crippen molar-refractivity contribution in [1.29, 1.82) is 0 Å². The molecule has 2 aliphatic rings. The van der Waals surface area contributed by atoms with Crippen LogP contribution in [0.25, 0.3) is 17.0 Å². The first-order valence-corrected chi connectivity index (χ1v) is 10.7. The number of nitrogens with zero attached hydrogens (tertiary/aromatic N) is 4. The van der Waals surface area contributed by atoms with Crippen LogP contribution in [0.3, 0.4) is 0 Å². The van der Waals surface area contributed by atoms with Gasteiger partial charge in [-0.1, -0.05) is 0 Å². The number of anilines is 2. The highest BCUT2D eigenvalue weighted by molar-refractivity contribution is 5.94. The maximum absolute atomic E-state index is 14.6. The average Bonchev–Trinajstić information content (AvgIpc) is 3.55. The molecule has 2 N–H and O–H groups in total. The lowest BCUT2D eigenvalue weighted by molar-refractivity contribution is -0.124. The Labute approximate surface area is 183 Å². The van der Waals surface area contributed by atoms with Gasteiger partial charge in [-0.3, -0.25) is 9.20 Å². The van der Waals surface area contributed by atoms with Crippen molar-refractivity contribution in [2.75, 3.05) is 30.3 Å². The molecule has 32 heavy (non-hydrogen) atoms. The van der Waals surface area contributed by atoms with E-state index in [1.165, 1.54) is 18.3 Å². The number of fused-ring (bicyclic) bond motifs is 1. The molecule has 0 spiro atoms. The van der Waals surface area contributed by atoms with E-state index in [-0.39, 0.29) is 17.5 Å².